The van der Waals surface area contributed by atoms with E-state index in [9.17, 15) is 0 Å². The molecule has 0 unspecified atom stereocenters. The molecule has 0 radical (unpaired) electrons. The van der Waals surface area contributed by atoms with Gasteiger partial charge in [-0.1, -0.05) is 66.7 Å². The Kier molecular flexibility index (Phi) is 7.74. The van der Waals surface area contributed by atoms with Crippen LogP contribution in [0.5, 0.6) is 0 Å². The second-order valence-electron chi connectivity index (χ2n) is 6.01. The Balaban J connectivity index is 0.000000659. The molecule has 0 heterocycles. The summed E-state index contributed by atoms with van der Waals surface area (Å²) in [6, 6.07) is 33.1. The fourth-order valence-corrected chi connectivity index (χ4v) is 8.02. The normalized spacial score (nSPS) is 13.0. The fourth-order valence-electron chi connectivity index (χ4n) is 3.58. The van der Waals surface area contributed by atoms with Gasteiger partial charge in [0.2, 0.25) is 0 Å². The predicted molar refractivity (Wildman–Crippen MR) is 119 cm³/mol. The van der Waals surface area contributed by atoms with Gasteiger partial charge >= 0.3 is 33.0 Å². The van der Waals surface area contributed by atoms with Crippen molar-refractivity contribution >= 4 is 43.6 Å². The van der Waals surface area contributed by atoms with E-state index in [1.54, 1.807) is 0 Å². The van der Waals surface area contributed by atoms with Crippen LogP contribution in [0.25, 0.3) is 0 Å². The van der Waals surface area contributed by atoms with Gasteiger partial charge in [0, 0.05) is 6.42 Å². The fraction of sp³-hybridized carbons (Fsp3) is 0.0435. The molecule has 0 amide bonds. The van der Waals surface area contributed by atoms with E-state index < -0.39 is 7.26 Å². The van der Waals surface area contributed by atoms with E-state index in [0.717, 1.165) is 6.42 Å². The molecule has 0 nitrogen and oxygen atoms in total. The third kappa shape index (κ3) is 4.39. The maximum atomic E-state index is 4.70. The van der Waals surface area contributed by atoms with Crippen LogP contribution in [0, 0.1) is 0 Å². The molecule has 4 heteroatoms. The van der Waals surface area contributed by atoms with Crippen molar-refractivity contribution in [2.24, 2.45) is 0 Å². The van der Waals surface area contributed by atoms with Crippen LogP contribution in [-0.2, 0) is 12.7 Å². The topological polar surface area (TPSA) is 0 Å². The van der Waals surface area contributed by atoms with Crippen LogP contribution in [0.2, 0.25) is 0 Å². The van der Waals surface area contributed by atoms with E-state index in [0.29, 0.717) is 12.7 Å². The SMILES string of the molecule is C1=CCC([P+](c2ccccc2)(c2ccccc2)c2ccccc2)=C1.[Cl][Ni][Cl]. The summed E-state index contributed by atoms with van der Waals surface area (Å²) in [5.74, 6) is 0. The molecular weight excluding hydrogens is 437 g/mol. The Morgan fingerprint density at radius 3 is 1.30 bits per heavy atom. The molecule has 3 aromatic rings. The molecule has 3 aromatic carbocycles. The van der Waals surface area contributed by atoms with Crippen LogP contribution in [-0.4, -0.2) is 0 Å². The standard InChI is InChI=1S/C23H20P.2ClH.Ni/c1-4-12-20(13-5-1)24(23-18-10-11-19-23,21-14-6-2-7-15-21)22-16-8-3-9-17-22;;;/h1-18H,19H2;2*1H;/q+1;;;+2/p-2. The molecular formula is C23H20Cl2NiP+. The molecule has 0 spiro atoms. The third-order valence-electron chi connectivity index (χ3n) is 4.61. The first-order valence-corrected chi connectivity index (χ1v) is 13.1. The maximum absolute atomic E-state index is 4.70. The molecule has 0 fully saturated rings. The molecule has 0 aromatic heterocycles. The van der Waals surface area contributed by atoms with Gasteiger partial charge < -0.3 is 0 Å². The molecule has 0 bridgehead atoms. The molecule has 0 aliphatic heterocycles. The molecule has 140 valence electrons. The molecule has 1 aliphatic carbocycles. The van der Waals surface area contributed by atoms with Gasteiger partial charge in [-0.05, 0) is 42.5 Å². The van der Waals surface area contributed by atoms with E-state index >= 15 is 0 Å². The Morgan fingerprint density at radius 2 is 1.00 bits per heavy atom. The molecule has 0 atom stereocenters. The van der Waals surface area contributed by atoms with E-state index in [4.69, 9.17) is 20.4 Å². The molecule has 27 heavy (non-hydrogen) atoms. The van der Waals surface area contributed by atoms with Crippen LogP contribution in [0.1, 0.15) is 6.42 Å². The van der Waals surface area contributed by atoms with Crippen molar-refractivity contribution in [3.8, 4) is 0 Å². The van der Waals surface area contributed by atoms with Gasteiger partial charge in [0.25, 0.3) is 0 Å². The summed E-state index contributed by atoms with van der Waals surface area (Å²) in [7, 11) is 7.60. The first-order valence-electron chi connectivity index (χ1n) is 8.58. The second kappa shape index (κ2) is 10.3. The van der Waals surface area contributed by atoms with Crippen LogP contribution in [0.4, 0.5) is 0 Å². The summed E-state index contributed by atoms with van der Waals surface area (Å²) in [6.45, 7) is 0. The van der Waals surface area contributed by atoms with Crippen LogP contribution < -0.4 is 15.9 Å². The first kappa shape index (κ1) is 20.4. The molecule has 0 saturated carbocycles. The number of hydrogen-bond acceptors (Lipinski definition) is 0. The summed E-state index contributed by atoms with van der Waals surface area (Å²) < 4.78 is 0. The average Bonchev–Trinajstić information content (AvgIpc) is 3.27. The predicted octanol–water partition coefficient (Wildman–Crippen LogP) is 6.20. The quantitative estimate of drug-likeness (QED) is 0.324. The summed E-state index contributed by atoms with van der Waals surface area (Å²) in [5.41, 5.74) is 0. The molecule has 1 aliphatic rings. The third-order valence-corrected chi connectivity index (χ3v) is 9.02. The van der Waals surface area contributed by atoms with Crippen molar-refractivity contribution in [2.75, 3.05) is 0 Å². The minimum absolute atomic E-state index is 0.569. The van der Waals surface area contributed by atoms with Gasteiger partial charge in [-0.25, -0.2) is 0 Å². The van der Waals surface area contributed by atoms with Crippen molar-refractivity contribution in [3.63, 3.8) is 0 Å². The Labute approximate surface area is 176 Å². The van der Waals surface area contributed by atoms with Gasteiger partial charge in [0.1, 0.15) is 23.2 Å². The van der Waals surface area contributed by atoms with E-state index in [1.807, 2.05) is 0 Å². The summed E-state index contributed by atoms with van der Waals surface area (Å²) in [5, 5.41) is 5.82. The summed E-state index contributed by atoms with van der Waals surface area (Å²) in [6.07, 6.45) is 7.85. The van der Waals surface area contributed by atoms with Crippen LogP contribution >= 0.6 is 27.7 Å². The zero-order valence-corrected chi connectivity index (χ0v) is 18.0. The zero-order chi connectivity index (χ0) is 19.0. The minimum atomic E-state index is -1.80. The van der Waals surface area contributed by atoms with Crippen LogP contribution in [0.3, 0.4) is 0 Å². The van der Waals surface area contributed by atoms with Gasteiger partial charge in [-0.3, -0.25) is 0 Å². The number of hydrogen-bond donors (Lipinski definition) is 0. The Hall–Kier alpha value is -1.36. The van der Waals surface area contributed by atoms with Gasteiger partial charge in [0.15, 0.2) is 0 Å². The number of halogens is 2. The van der Waals surface area contributed by atoms with Crippen molar-refractivity contribution in [1.82, 2.24) is 0 Å². The number of rotatable bonds is 4. The zero-order valence-electron chi connectivity index (χ0n) is 14.6. The van der Waals surface area contributed by atoms with Crippen molar-refractivity contribution in [2.45, 2.75) is 6.42 Å². The van der Waals surface area contributed by atoms with Crippen molar-refractivity contribution < 1.29 is 12.7 Å². The van der Waals surface area contributed by atoms with Gasteiger partial charge in [0.05, 0.1) is 5.31 Å². The Bertz CT molecular complexity index is 797. The monoisotopic (exact) mass is 455 g/mol. The number of benzene rings is 3. The van der Waals surface area contributed by atoms with E-state index in [2.05, 4.69) is 109 Å². The van der Waals surface area contributed by atoms with E-state index in [1.165, 1.54) is 21.2 Å². The molecule has 0 saturated heterocycles. The average molecular weight is 457 g/mol. The summed E-state index contributed by atoms with van der Waals surface area (Å²) in [4.78, 5) is 0. The van der Waals surface area contributed by atoms with Crippen LogP contribution in [0.15, 0.2) is 115 Å². The van der Waals surface area contributed by atoms with Gasteiger partial charge in [-0.15, -0.1) is 0 Å². The molecule has 4 rings (SSSR count). The molecule has 0 N–H and O–H groups in total. The second-order valence-corrected chi connectivity index (χ2v) is 11.1. The Morgan fingerprint density at radius 1 is 0.630 bits per heavy atom. The summed E-state index contributed by atoms with van der Waals surface area (Å²) >= 11 is 0.569. The van der Waals surface area contributed by atoms with Crippen molar-refractivity contribution in [1.29, 1.82) is 0 Å². The van der Waals surface area contributed by atoms with Gasteiger partial charge in [-0.2, -0.15) is 0 Å². The number of allylic oxidation sites excluding steroid dienone is 4. The first-order chi connectivity index (χ1) is 13.3. The van der Waals surface area contributed by atoms with Crippen molar-refractivity contribution in [3.05, 3.63) is 115 Å². The van der Waals surface area contributed by atoms with E-state index in [-0.39, 0.29) is 0 Å².